The van der Waals surface area contributed by atoms with Crippen molar-refractivity contribution >= 4 is 40.7 Å². The van der Waals surface area contributed by atoms with Crippen molar-refractivity contribution in [3.8, 4) is 24.3 Å². The van der Waals surface area contributed by atoms with Crippen molar-refractivity contribution in [1.29, 1.82) is 21.0 Å². The summed E-state index contributed by atoms with van der Waals surface area (Å²) in [7, 11) is 0. The van der Waals surface area contributed by atoms with E-state index >= 15 is 0 Å². The Hall–Kier alpha value is -6.00. The highest BCUT2D eigenvalue weighted by molar-refractivity contribution is 5.78. The Morgan fingerprint density at radius 1 is 0.656 bits per heavy atom. The first-order valence-corrected chi connectivity index (χ1v) is 8.55. The topological polar surface area (TPSA) is 272 Å². The zero-order valence-corrected chi connectivity index (χ0v) is 15.7. The van der Waals surface area contributed by atoms with E-state index < -0.39 is 0 Å². The molecular formula is C16H10N16. The second-order valence-corrected chi connectivity index (χ2v) is 5.99. The summed E-state index contributed by atoms with van der Waals surface area (Å²) in [6, 6.07) is 7.79. The Labute approximate surface area is 177 Å². The van der Waals surface area contributed by atoms with Gasteiger partial charge in [-0.3, -0.25) is 20.4 Å². The predicted molar refractivity (Wildman–Crippen MR) is 107 cm³/mol. The third kappa shape index (κ3) is 3.20. The van der Waals surface area contributed by atoms with E-state index in [9.17, 15) is 15.8 Å². The van der Waals surface area contributed by atoms with E-state index in [0.717, 1.165) is 0 Å². The highest BCUT2D eigenvalue weighted by Crippen LogP contribution is 2.30. The largest absolute Gasteiger partial charge is 0.383 e. The Bertz CT molecular complexity index is 1470. The monoisotopic (exact) mass is 426 g/mol. The quantitative estimate of drug-likeness (QED) is 0.213. The molecule has 0 aromatic carbocycles. The Morgan fingerprint density at radius 3 is 1.81 bits per heavy atom. The average Bonchev–Trinajstić information content (AvgIpc) is 3.57. The molecular weight excluding hydrogens is 416 g/mol. The fraction of sp³-hybridized carbons (Fsp3) is 0. The minimum Gasteiger partial charge on any atom is -0.383 e. The fourth-order valence-corrected chi connectivity index (χ4v) is 2.64. The molecule has 0 bridgehead atoms. The number of nitrogen functional groups attached to an aromatic ring is 1. The highest BCUT2D eigenvalue weighted by Gasteiger charge is 2.21. The molecule has 32 heavy (non-hydrogen) atoms. The van der Waals surface area contributed by atoms with Gasteiger partial charge in [0.1, 0.15) is 69.8 Å². The Morgan fingerprint density at radius 2 is 1.22 bits per heavy atom. The smallest absolute Gasteiger partial charge is 0.173 e. The molecule has 0 atom stereocenters. The third-order valence-electron chi connectivity index (χ3n) is 4.15. The first kappa shape index (κ1) is 19.3. The maximum atomic E-state index is 9.58. The van der Waals surface area contributed by atoms with E-state index in [2.05, 4.69) is 56.7 Å². The van der Waals surface area contributed by atoms with Crippen molar-refractivity contribution in [1.82, 2.24) is 40.8 Å². The first-order valence-electron chi connectivity index (χ1n) is 8.55. The standard InChI is InChI=1S/C16H10N16/c17-1-6-5-22-27-11(6)23-13-8(3-19)15(31-29-13)25-16-9(4-20)14(30-32-16)24-12-7(2-18)10(21)26-28-12/h5H,(H9,21,22,23,24,25,26,27,28,29,30,31,32). The van der Waals surface area contributed by atoms with Crippen LogP contribution in [0.3, 0.4) is 0 Å². The molecule has 0 radical (unpaired) electrons. The van der Waals surface area contributed by atoms with Gasteiger partial charge in [-0.25, -0.2) is 0 Å². The number of hydrogen-bond donors (Lipinski definition) is 8. The molecule has 0 aliphatic rings. The number of aromatic amines is 4. The summed E-state index contributed by atoms with van der Waals surface area (Å²) in [5.41, 5.74) is 6.05. The van der Waals surface area contributed by atoms with Gasteiger partial charge in [0.2, 0.25) is 0 Å². The number of nitrogens with two attached hydrogens (primary N) is 1. The molecule has 0 unspecified atom stereocenters. The average molecular weight is 426 g/mol. The molecule has 4 heterocycles. The van der Waals surface area contributed by atoms with E-state index in [0.29, 0.717) is 0 Å². The van der Waals surface area contributed by atoms with E-state index in [4.69, 9.17) is 11.0 Å². The van der Waals surface area contributed by atoms with Crippen molar-refractivity contribution in [2.75, 3.05) is 21.7 Å². The van der Waals surface area contributed by atoms with Crippen molar-refractivity contribution < 1.29 is 0 Å². The number of anilines is 7. The van der Waals surface area contributed by atoms with Crippen molar-refractivity contribution in [2.24, 2.45) is 0 Å². The van der Waals surface area contributed by atoms with Crippen LogP contribution in [0.25, 0.3) is 0 Å². The van der Waals surface area contributed by atoms with Gasteiger partial charge in [-0.05, 0) is 0 Å². The minimum absolute atomic E-state index is 0.0452. The number of H-pyrrole nitrogens is 4. The van der Waals surface area contributed by atoms with Gasteiger partial charge in [0.05, 0.1) is 6.20 Å². The normalized spacial score (nSPS) is 9.88. The molecule has 4 aromatic rings. The predicted octanol–water partition coefficient (Wildman–Crippen LogP) is 0.879. The van der Waals surface area contributed by atoms with E-state index in [1.807, 2.05) is 24.3 Å². The molecule has 0 saturated heterocycles. The summed E-state index contributed by atoms with van der Waals surface area (Å²) < 4.78 is 0. The Balaban J connectivity index is 1.61. The number of rotatable bonds is 6. The summed E-state index contributed by atoms with van der Waals surface area (Å²) in [4.78, 5) is 0. The van der Waals surface area contributed by atoms with Gasteiger partial charge in [0.25, 0.3) is 0 Å². The number of aromatic nitrogens is 8. The number of nitriles is 4. The summed E-state index contributed by atoms with van der Waals surface area (Å²) in [5.74, 6) is 0.917. The van der Waals surface area contributed by atoms with Crippen LogP contribution < -0.4 is 21.7 Å². The number of nitrogens with one attached hydrogen (secondary N) is 7. The molecule has 0 amide bonds. The van der Waals surface area contributed by atoms with Gasteiger partial charge in [-0.1, -0.05) is 0 Å². The SMILES string of the molecule is N#Cc1cn[nH]c1Nc1n[nH]c(Nc2[nH]nc(Nc3n[nH]c(N)c3C#N)c2C#N)c1C#N. The molecule has 0 spiro atoms. The van der Waals surface area contributed by atoms with Gasteiger partial charge in [-0.2, -0.15) is 41.4 Å². The van der Waals surface area contributed by atoms with E-state index in [-0.39, 0.29) is 63.0 Å². The van der Waals surface area contributed by atoms with Crippen molar-refractivity contribution in [3.05, 3.63) is 28.5 Å². The molecule has 154 valence electrons. The van der Waals surface area contributed by atoms with Crippen molar-refractivity contribution in [3.63, 3.8) is 0 Å². The zero-order chi connectivity index (χ0) is 22.7. The second kappa shape index (κ2) is 7.79. The molecule has 0 aliphatic heterocycles. The van der Waals surface area contributed by atoms with Crippen LogP contribution in [0.5, 0.6) is 0 Å². The second-order valence-electron chi connectivity index (χ2n) is 5.99. The van der Waals surface area contributed by atoms with Gasteiger partial charge < -0.3 is 21.7 Å². The van der Waals surface area contributed by atoms with Gasteiger partial charge >= 0.3 is 0 Å². The van der Waals surface area contributed by atoms with E-state index in [1.54, 1.807) is 0 Å². The van der Waals surface area contributed by atoms with Crippen LogP contribution in [0.2, 0.25) is 0 Å². The third-order valence-corrected chi connectivity index (χ3v) is 4.15. The fourth-order valence-electron chi connectivity index (χ4n) is 2.64. The molecule has 16 heteroatoms. The van der Waals surface area contributed by atoms with Crippen LogP contribution in [0, 0.1) is 45.3 Å². The van der Waals surface area contributed by atoms with Crippen LogP contribution >= 0.6 is 0 Å². The lowest BCUT2D eigenvalue weighted by Gasteiger charge is -2.03. The summed E-state index contributed by atoms with van der Waals surface area (Å²) >= 11 is 0. The van der Waals surface area contributed by atoms with Crippen LogP contribution in [0.1, 0.15) is 22.3 Å². The zero-order valence-electron chi connectivity index (χ0n) is 15.7. The maximum absolute atomic E-state index is 9.58. The Kier molecular flexibility index (Phi) is 4.70. The molecule has 16 nitrogen and oxygen atoms in total. The molecule has 0 aliphatic carbocycles. The lowest BCUT2D eigenvalue weighted by Crippen LogP contribution is -1.98. The summed E-state index contributed by atoms with van der Waals surface area (Å²) in [6.45, 7) is 0. The number of nitrogens with zero attached hydrogens (tertiary/aromatic N) is 8. The van der Waals surface area contributed by atoms with Gasteiger partial charge in [0, 0.05) is 0 Å². The molecule has 4 aromatic heterocycles. The van der Waals surface area contributed by atoms with Crippen molar-refractivity contribution in [2.45, 2.75) is 0 Å². The van der Waals surface area contributed by atoms with Crippen LogP contribution in [0.4, 0.5) is 40.7 Å². The van der Waals surface area contributed by atoms with Crippen LogP contribution in [-0.2, 0) is 0 Å². The molecule has 9 N–H and O–H groups in total. The van der Waals surface area contributed by atoms with Crippen LogP contribution in [-0.4, -0.2) is 40.8 Å². The summed E-state index contributed by atoms with van der Waals surface area (Å²) in [6.07, 6.45) is 1.32. The summed E-state index contributed by atoms with van der Waals surface area (Å²) in [5, 5.41) is 71.8. The lowest BCUT2D eigenvalue weighted by atomic mass is 10.2. The van der Waals surface area contributed by atoms with Crippen LogP contribution in [0.15, 0.2) is 6.20 Å². The van der Waals surface area contributed by atoms with Gasteiger partial charge in [0.15, 0.2) is 17.5 Å². The highest BCUT2D eigenvalue weighted by atomic mass is 15.3. The number of hydrogen-bond acceptors (Lipinski definition) is 12. The first-order chi connectivity index (χ1) is 15.6. The molecule has 0 saturated carbocycles. The van der Waals surface area contributed by atoms with E-state index in [1.165, 1.54) is 6.20 Å². The minimum atomic E-state index is 0.0452. The lowest BCUT2D eigenvalue weighted by molar-refractivity contribution is 1.06. The molecule has 0 fully saturated rings. The maximum Gasteiger partial charge on any atom is 0.173 e. The molecule has 4 rings (SSSR count). The van der Waals surface area contributed by atoms with Gasteiger partial charge in [-0.15, -0.1) is 0 Å².